The molecule has 0 aliphatic carbocycles. The van der Waals surface area contributed by atoms with Gasteiger partial charge in [0.15, 0.2) is 0 Å². The predicted octanol–water partition coefficient (Wildman–Crippen LogP) is 17.4. The number of benzene rings is 9. The van der Waals surface area contributed by atoms with Crippen molar-refractivity contribution in [1.82, 2.24) is 0 Å². The molecule has 314 valence electrons. The molecular formula is C54H34F6N2O2. The lowest BCUT2D eigenvalue weighted by molar-refractivity contribution is -0.138. The predicted molar refractivity (Wildman–Crippen MR) is 245 cm³/mol. The lowest BCUT2D eigenvalue weighted by Crippen LogP contribution is -2.12. The van der Waals surface area contributed by atoms with Crippen molar-refractivity contribution in [2.45, 2.75) is 26.2 Å². The zero-order valence-corrected chi connectivity index (χ0v) is 34.1. The van der Waals surface area contributed by atoms with Crippen LogP contribution >= 0.6 is 0 Å². The number of alkyl halides is 6. The van der Waals surface area contributed by atoms with Crippen LogP contribution in [-0.4, -0.2) is 0 Å². The van der Waals surface area contributed by atoms with Gasteiger partial charge < -0.3 is 18.6 Å². The summed E-state index contributed by atoms with van der Waals surface area (Å²) in [7, 11) is 0. The Morgan fingerprint density at radius 2 is 0.625 bits per heavy atom. The number of fused-ring (bicyclic) bond motifs is 8. The van der Waals surface area contributed by atoms with Crippen LogP contribution in [-0.2, 0) is 12.4 Å². The highest BCUT2D eigenvalue weighted by atomic mass is 19.4. The lowest BCUT2D eigenvalue weighted by Gasteiger charge is -2.26. The van der Waals surface area contributed by atoms with E-state index in [0.29, 0.717) is 33.8 Å². The smallest absolute Gasteiger partial charge is 0.416 e. The van der Waals surface area contributed by atoms with Crippen LogP contribution in [0.5, 0.6) is 0 Å². The maximum absolute atomic E-state index is 13.5. The quantitative estimate of drug-likeness (QED) is 0.156. The summed E-state index contributed by atoms with van der Waals surface area (Å²) < 4.78 is 93.9. The van der Waals surface area contributed by atoms with Gasteiger partial charge in [-0.1, -0.05) is 47.5 Å². The highest BCUT2D eigenvalue weighted by Crippen LogP contribution is 2.44. The summed E-state index contributed by atoms with van der Waals surface area (Å²) in [5.41, 5.74) is 7.70. The number of furan rings is 2. The van der Waals surface area contributed by atoms with Gasteiger partial charge in [-0.2, -0.15) is 26.3 Å². The monoisotopic (exact) mass is 856 g/mol. The molecule has 0 fully saturated rings. The molecule has 4 nitrogen and oxygen atoms in total. The van der Waals surface area contributed by atoms with E-state index in [1.54, 1.807) is 11.0 Å². The highest BCUT2D eigenvalue weighted by molar-refractivity contribution is 6.18. The van der Waals surface area contributed by atoms with E-state index in [4.69, 9.17) is 8.83 Å². The molecule has 0 saturated carbocycles. The SMILES string of the molecule is Cc1ccc(N(c2ccc(C)cc2)c2ccc3cc4c(cc3c2)oc2cc3oc5cc6cc(N(c7ccc(C(F)(F)F)cc7)c7ccc(C(F)(F)F)cc7)ccc6cc5c3cc24)cc1. The second-order valence-corrected chi connectivity index (χ2v) is 16.2. The van der Waals surface area contributed by atoms with E-state index in [9.17, 15) is 26.3 Å². The molecule has 0 atom stereocenters. The molecule has 0 N–H and O–H groups in total. The van der Waals surface area contributed by atoms with Gasteiger partial charge in [-0.05, 0) is 163 Å². The number of halogens is 6. The molecule has 2 heterocycles. The third-order valence-corrected chi connectivity index (χ3v) is 12.0. The Kier molecular flexibility index (Phi) is 8.82. The number of aryl methyl sites for hydroxylation is 2. The van der Waals surface area contributed by atoms with Gasteiger partial charge >= 0.3 is 12.4 Å². The average molecular weight is 857 g/mol. The molecular weight excluding hydrogens is 823 g/mol. The molecule has 0 radical (unpaired) electrons. The van der Waals surface area contributed by atoms with E-state index in [2.05, 4.69) is 104 Å². The number of anilines is 6. The van der Waals surface area contributed by atoms with Crippen LogP contribution in [0.25, 0.3) is 65.4 Å². The van der Waals surface area contributed by atoms with Crippen molar-refractivity contribution < 1.29 is 35.2 Å². The van der Waals surface area contributed by atoms with E-state index >= 15 is 0 Å². The van der Waals surface area contributed by atoms with Crippen molar-refractivity contribution in [3.8, 4) is 0 Å². The fraction of sp³-hybridized carbons (Fsp3) is 0.0741. The van der Waals surface area contributed by atoms with Gasteiger partial charge in [-0.15, -0.1) is 0 Å². The minimum absolute atomic E-state index is 0.339. The number of hydrogen-bond donors (Lipinski definition) is 0. The van der Waals surface area contributed by atoms with Gasteiger partial charge in [-0.3, -0.25) is 0 Å². The Balaban J connectivity index is 0.984. The van der Waals surface area contributed by atoms with Gasteiger partial charge in [-0.25, -0.2) is 0 Å². The van der Waals surface area contributed by atoms with E-state index < -0.39 is 23.5 Å². The summed E-state index contributed by atoms with van der Waals surface area (Å²) in [6, 6.07) is 50.2. The molecule has 0 aliphatic heterocycles. The number of hydrogen-bond acceptors (Lipinski definition) is 4. The minimum Gasteiger partial charge on any atom is -0.456 e. The third kappa shape index (κ3) is 6.82. The van der Waals surface area contributed by atoms with Crippen LogP contribution < -0.4 is 9.80 Å². The summed E-state index contributed by atoms with van der Waals surface area (Å²) in [6.07, 6.45) is -9.11. The van der Waals surface area contributed by atoms with E-state index in [-0.39, 0.29) is 0 Å². The van der Waals surface area contributed by atoms with E-state index in [1.807, 2.05) is 30.3 Å². The van der Waals surface area contributed by atoms with Crippen LogP contribution in [0, 0.1) is 13.8 Å². The van der Waals surface area contributed by atoms with Crippen LogP contribution in [0.2, 0.25) is 0 Å². The molecule has 11 rings (SSSR count). The zero-order chi connectivity index (χ0) is 44.1. The molecule has 0 saturated heterocycles. The summed E-state index contributed by atoms with van der Waals surface area (Å²) in [4.78, 5) is 3.87. The van der Waals surface area contributed by atoms with Crippen molar-refractivity contribution in [1.29, 1.82) is 0 Å². The fourth-order valence-corrected chi connectivity index (χ4v) is 8.67. The molecule has 64 heavy (non-hydrogen) atoms. The molecule has 11 aromatic rings. The standard InChI is InChI=1S/C54H34F6N2O2/c1-31-3-13-39(14-4-31)61(40-15-5-32(2)6-16-40)43-17-7-33-25-45-47-29-48-46-26-34-8-18-44(24-36(34)28-50(46)64-52(48)30-51(47)63-49(45)27-35(33)23-43)62(41-19-9-37(10-20-41)53(55,56)57)42-21-11-38(12-22-42)54(58,59)60/h3-30H,1-2H3. The number of rotatable bonds is 6. The van der Waals surface area contributed by atoms with Gasteiger partial charge in [0.25, 0.3) is 0 Å². The van der Waals surface area contributed by atoms with Gasteiger partial charge in [0.2, 0.25) is 0 Å². The molecule has 2 aromatic heterocycles. The van der Waals surface area contributed by atoms with Crippen LogP contribution in [0.4, 0.5) is 60.5 Å². The second-order valence-electron chi connectivity index (χ2n) is 16.2. The van der Waals surface area contributed by atoms with E-state index in [1.165, 1.54) is 35.4 Å². The summed E-state index contributed by atoms with van der Waals surface area (Å²) >= 11 is 0. The van der Waals surface area contributed by atoms with E-state index in [0.717, 1.165) is 90.0 Å². The van der Waals surface area contributed by atoms with Crippen LogP contribution in [0.1, 0.15) is 22.3 Å². The molecule has 0 unspecified atom stereocenters. The molecule has 0 aliphatic rings. The Labute approximate surface area is 361 Å². The van der Waals surface area contributed by atoms with Gasteiger partial charge in [0.05, 0.1) is 11.1 Å². The Hall–Kier alpha value is -7.72. The van der Waals surface area contributed by atoms with Crippen molar-refractivity contribution in [2.75, 3.05) is 9.80 Å². The first kappa shape index (κ1) is 39.1. The fourth-order valence-electron chi connectivity index (χ4n) is 8.67. The molecule has 0 spiro atoms. The van der Waals surface area contributed by atoms with Gasteiger partial charge in [0, 0.05) is 61.7 Å². The Morgan fingerprint density at radius 1 is 0.312 bits per heavy atom. The van der Waals surface area contributed by atoms with Crippen molar-refractivity contribution in [3.05, 3.63) is 192 Å². The largest absolute Gasteiger partial charge is 0.456 e. The maximum atomic E-state index is 13.5. The molecule has 0 bridgehead atoms. The molecule has 0 amide bonds. The number of nitrogens with zero attached hydrogens (tertiary/aromatic N) is 2. The van der Waals surface area contributed by atoms with Crippen molar-refractivity contribution >= 4 is 99.5 Å². The first-order chi connectivity index (χ1) is 30.7. The first-order valence-corrected chi connectivity index (χ1v) is 20.5. The van der Waals surface area contributed by atoms with Crippen molar-refractivity contribution in [2.24, 2.45) is 0 Å². The van der Waals surface area contributed by atoms with Gasteiger partial charge in [0.1, 0.15) is 22.3 Å². The van der Waals surface area contributed by atoms with Crippen LogP contribution in [0.15, 0.2) is 179 Å². The Morgan fingerprint density at radius 3 is 0.984 bits per heavy atom. The minimum atomic E-state index is -4.55. The topological polar surface area (TPSA) is 32.8 Å². The summed E-state index contributed by atoms with van der Waals surface area (Å²) in [5.74, 6) is 0. The summed E-state index contributed by atoms with van der Waals surface area (Å²) in [5, 5.41) is 7.41. The van der Waals surface area contributed by atoms with Crippen LogP contribution in [0.3, 0.4) is 0 Å². The molecule has 10 heteroatoms. The first-order valence-electron chi connectivity index (χ1n) is 20.5. The molecule has 9 aromatic carbocycles. The van der Waals surface area contributed by atoms with Crippen molar-refractivity contribution in [3.63, 3.8) is 0 Å². The lowest BCUT2D eigenvalue weighted by atomic mass is 10.0. The maximum Gasteiger partial charge on any atom is 0.416 e. The average Bonchev–Trinajstić information content (AvgIpc) is 3.80. The zero-order valence-electron chi connectivity index (χ0n) is 34.1. The third-order valence-electron chi connectivity index (χ3n) is 12.0. The summed E-state index contributed by atoms with van der Waals surface area (Å²) in [6.45, 7) is 4.16. The highest BCUT2D eigenvalue weighted by Gasteiger charge is 2.32. The normalized spacial score (nSPS) is 12.4. The second kappa shape index (κ2) is 14.4. The Bertz CT molecular complexity index is 3490.